The Labute approximate surface area is 256 Å². The Morgan fingerprint density at radius 3 is 2.15 bits per heavy atom. The van der Waals surface area contributed by atoms with Gasteiger partial charge in [-0.05, 0) is 79.1 Å². The summed E-state index contributed by atoms with van der Waals surface area (Å²) < 4.78 is 34.0. The van der Waals surface area contributed by atoms with E-state index in [0.29, 0.717) is 45.8 Å². The van der Waals surface area contributed by atoms with Crippen molar-refractivity contribution in [3.8, 4) is 5.75 Å². The van der Waals surface area contributed by atoms with E-state index in [-0.39, 0.29) is 23.0 Å². The number of benzene rings is 3. The summed E-state index contributed by atoms with van der Waals surface area (Å²) in [5, 5.41) is 3.89. The number of nitrogens with zero attached hydrogens (tertiary/aromatic N) is 2. The summed E-state index contributed by atoms with van der Waals surface area (Å²) in [5.41, 5.74) is 0.863. The molecule has 1 N–H and O–H groups in total. The first-order valence-corrected chi connectivity index (χ1v) is 15.5. The molecule has 0 aromatic heterocycles. The molecule has 0 spiro atoms. The molecular weight excluding hydrogens is 609 g/mol. The smallest absolute Gasteiger partial charge is 0.264 e. The first-order valence-electron chi connectivity index (χ1n) is 12.9. The zero-order valence-electron chi connectivity index (χ0n) is 22.9. The zero-order valence-corrected chi connectivity index (χ0v) is 26.0. The standard InChI is InChI=1S/C29H32Cl3N3O5S/c1-4-16-33-29(37)27(5-2)34(18-20-6-15-25(31)26(32)17-20)28(36)19-35(22-9-7-21(30)8-10-22)41(38,39)24-13-11-23(40-3)12-14-24/h6-15,17,27H,4-5,16,18-19H2,1-3H3,(H,33,37). The van der Waals surface area contributed by atoms with Crippen molar-refractivity contribution in [3.05, 3.63) is 87.4 Å². The van der Waals surface area contributed by atoms with Crippen LogP contribution >= 0.6 is 34.8 Å². The minimum Gasteiger partial charge on any atom is -0.497 e. The molecule has 0 aliphatic heterocycles. The molecule has 3 aromatic carbocycles. The summed E-state index contributed by atoms with van der Waals surface area (Å²) in [5.74, 6) is -0.435. The molecule has 0 aliphatic rings. The lowest BCUT2D eigenvalue weighted by Gasteiger charge is -2.33. The van der Waals surface area contributed by atoms with Crippen molar-refractivity contribution < 1.29 is 22.7 Å². The molecule has 0 heterocycles. The highest BCUT2D eigenvalue weighted by molar-refractivity contribution is 7.92. The van der Waals surface area contributed by atoms with Crippen molar-refractivity contribution >= 4 is 62.3 Å². The minimum absolute atomic E-state index is 0.00478. The van der Waals surface area contributed by atoms with Gasteiger partial charge < -0.3 is 15.0 Å². The Hall–Kier alpha value is -2.98. The molecule has 8 nitrogen and oxygen atoms in total. The maximum absolute atomic E-state index is 14.0. The number of hydrogen-bond acceptors (Lipinski definition) is 5. The monoisotopic (exact) mass is 639 g/mol. The van der Waals surface area contributed by atoms with Gasteiger partial charge in [0.05, 0.1) is 27.7 Å². The van der Waals surface area contributed by atoms with Crippen LogP contribution in [0.25, 0.3) is 0 Å². The SMILES string of the molecule is CCCNC(=O)C(CC)N(Cc1ccc(Cl)c(Cl)c1)C(=O)CN(c1ccc(Cl)cc1)S(=O)(=O)c1ccc(OC)cc1. The summed E-state index contributed by atoms with van der Waals surface area (Å²) >= 11 is 18.4. The Morgan fingerprint density at radius 1 is 0.927 bits per heavy atom. The number of ether oxygens (including phenoxy) is 1. The molecule has 1 unspecified atom stereocenters. The molecule has 220 valence electrons. The van der Waals surface area contributed by atoms with Crippen LogP contribution in [0, 0.1) is 0 Å². The van der Waals surface area contributed by atoms with Gasteiger partial charge in [-0.25, -0.2) is 8.42 Å². The predicted octanol–water partition coefficient (Wildman–Crippen LogP) is 6.18. The third-order valence-electron chi connectivity index (χ3n) is 6.31. The van der Waals surface area contributed by atoms with Crippen molar-refractivity contribution in [2.45, 2.75) is 44.2 Å². The van der Waals surface area contributed by atoms with Gasteiger partial charge in [0, 0.05) is 18.1 Å². The van der Waals surface area contributed by atoms with E-state index in [2.05, 4.69) is 5.32 Å². The van der Waals surface area contributed by atoms with Crippen LogP contribution in [-0.2, 0) is 26.2 Å². The molecule has 1 atom stereocenters. The fourth-order valence-electron chi connectivity index (χ4n) is 4.13. The number of methoxy groups -OCH3 is 1. The van der Waals surface area contributed by atoms with Crippen LogP contribution in [0.15, 0.2) is 71.6 Å². The average molecular weight is 641 g/mol. The van der Waals surface area contributed by atoms with Gasteiger partial charge >= 0.3 is 0 Å². The number of carbonyl (C=O) groups is 2. The number of sulfonamides is 1. The fraction of sp³-hybridized carbons (Fsp3) is 0.310. The van der Waals surface area contributed by atoms with E-state index in [1.54, 1.807) is 37.3 Å². The number of rotatable bonds is 13. The van der Waals surface area contributed by atoms with Gasteiger partial charge in [0.2, 0.25) is 11.8 Å². The van der Waals surface area contributed by atoms with E-state index < -0.39 is 28.5 Å². The number of amides is 2. The van der Waals surface area contributed by atoms with Crippen LogP contribution in [0.3, 0.4) is 0 Å². The lowest BCUT2D eigenvalue weighted by molar-refractivity contribution is -0.140. The molecule has 12 heteroatoms. The fourth-order valence-corrected chi connectivity index (χ4v) is 5.99. The number of hydrogen-bond donors (Lipinski definition) is 1. The Bertz CT molecular complexity index is 1450. The van der Waals surface area contributed by atoms with Gasteiger partial charge in [0.25, 0.3) is 10.0 Å². The molecule has 0 bridgehead atoms. The number of carbonyl (C=O) groups excluding carboxylic acids is 2. The van der Waals surface area contributed by atoms with E-state index in [1.165, 1.54) is 48.4 Å². The number of nitrogens with one attached hydrogen (secondary N) is 1. The quantitative estimate of drug-likeness (QED) is 0.241. The second-order valence-corrected chi connectivity index (χ2v) is 12.3. The van der Waals surface area contributed by atoms with Crippen LogP contribution in [-0.4, -0.2) is 51.4 Å². The van der Waals surface area contributed by atoms with Crippen molar-refractivity contribution in [3.63, 3.8) is 0 Å². The highest BCUT2D eigenvalue weighted by Gasteiger charge is 2.33. The number of halogens is 3. The van der Waals surface area contributed by atoms with E-state index in [0.717, 1.165) is 4.31 Å². The maximum Gasteiger partial charge on any atom is 0.264 e. The van der Waals surface area contributed by atoms with Crippen molar-refractivity contribution in [1.29, 1.82) is 0 Å². The van der Waals surface area contributed by atoms with Gasteiger partial charge in [0.1, 0.15) is 18.3 Å². The zero-order chi connectivity index (χ0) is 30.2. The molecule has 41 heavy (non-hydrogen) atoms. The molecule has 0 fully saturated rings. The molecule has 3 aromatic rings. The Balaban J connectivity index is 2.06. The summed E-state index contributed by atoms with van der Waals surface area (Å²) in [6, 6.07) is 16.0. The second kappa shape index (κ2) is 14.8. The van der Waals surface area contributed by atoms with E-state index in [4.69, 9.17) is 39.5 Å². The normalized spacial score (nSPS) is 12.0. The van der Waals surface area contributed by atoms with Gasteiger partial charge in [-0.2, -0.15) is 0 Å². The lowest BCUT2D eigenvalue weighted by atomic mass is 10.1. The minimum atomic E-state index is -4.22. The second-order valence-electron chi connectivity index (χ2n) is 9.15. The molecule has 0 saturated heterocycles. The summed E-state index contributed by atoms with van der Waals surface area (Å²) in [6.45, 7) is 3.58. The predicted molar refractivity (Wildman–Crippen MR) is 163 cm³/mol. The first-order chi connectivity index (χ1) is 19.5. The largest absolute Gasteiger partial charge is 0.497 e. The summed E-state index contributed by atoms with van der Waals surface area (Å²) in [6.07, 6.45) is 1.02. The van der Waals surface area contributed by atoms with Crippen LogP contribution in [0.4, 0.5) is 5.69 Å². The van der Waals surface area contributed by atoms with E-state index in [1.807, 2.05) is 6.92 Å². The molecule has 3 rings (SSSR count). The molecule has 0 aliphatic carbocycles. The van der Waals surface area contributed by atoms with Crippen LogP contribution in [0.1, 0.15) is 32.3 Å². The van der Waals surface area contributed by atoms with Crippen LogP contribution in [0.5, 0.6) is 5.75 Å². The van der Waals surface area contributed by atoms with E-state index >= 15 is 0 Å². The highest BCUT2D eigenvalue weighted by atomic mass is 35.5. The third kappa shape index (κ3) is 8.29. The topological polar surface area (TPSA) is 96.0 Å². The van der Waals surface area contributed by atoms with Crippen LogP contribution < -0.4 is 14.4 Å². The molecule has 2 amide bonds. The first kappa shape index (κ1) is 32.5. The van der Waals surface area contributed by atoms with Crippen molar-refractivity contribution in [1.82, 2.24) is 10.2 Å². The van der Waals surface area contributed by atoms with Gasteiger partial charge in [-0.1, -0.05) is 54.7 Å². The van der Waals surface area contributed by atoms with Gasteiger partial charge in [-0.15, -0.1) is 0 Å². The Kier molecular flexibility index (Phi) is 11.7. The highest BCUT2D eigenvalue weighted by Crippen LogP contribution is 2.28. The van der Waals surface area contributed by atoms with Crippen molar-refractivity contribution in [2.24, 2.45) is 0 Å². The molecule has 0 radical (unpaired) electrons. The van der Waals surface area contributed by atoms with Gasteiger partial charge in [-0.3, -0.25) is 13.9 Å². The lowest BCUT2D eigenvalue weighted by Crippen LogP contribution is -2.52. The average Bonchev–Trinajstić information content (AvgIpc) is 2.96. The third-order valence-corrected chi connectivity index (χ3v) is 9.09. The molecular formula is C29H32Cl3N3O5S. The summed E-state index contributed by atoms with van der Waals surface area (Å²) in [7, 11) is -2.75. The van der Waals surface area contributed by atoms with Gasteiger partial charge in [0.15, 0.2) is 0 Å². The maximum atomic E-state index is 14.0. The number of anilines is 1. The van der Waals surface area contributed by atoms with Crippen molar-refractivity contribution in [2.75, 3.05) is 24.5 Å². The molecule has 0 saturated carbocycles. The Morgan fingerprint density at radius 2 is 1.59 bits per heavy atom. The van der Waals surface area contributed by atoms with Crippen LogP contribution in [0.2, 0.25) is 15.1 Å². The van der Waals surface area contributed by atoms with E-state index in [9.17, 15) is 18.0 Å². The summed E-state index contributed by atoms with van der Waals surface area (Å²) in [4.78, 5) is 28.5.